The van der Waals surface area contributed by atoms with Crippen molar-refractivity contribution in [1.29, 1.82) is 0 Å². The van der Waals surface area contributed by atoms with Crippen molar-refractivity contribution in [3.63, 3.8) is 0 Å². The van der Waals surface area contributed by atoms with E-state index in [1.807, 2.05) is 0 Å². The van der Waals surface area contributed by atoms with E-state index in [4.69, 9.17) is 14.5 Å². The molecule has 4 heterocycles. The van der Waals surface area contributed by atoms with Gasteiger partial charge in [-0.1, -0.05) is 12.1 Å². The lowest BCUT2D eigenvalue weighted by Crippen LogP contribution is -2.36. The Hall–Kier alpha value is -2.69. The molecular weight excluding hydrogens is 511 g/mol. The van der Waals surface area contributed by atoms with E-state index in [1.54, 1.807) is 4.90 Å². The molecule has 2 saturated heterocycles. The number of fused-ring (bicyclic) bond motifs is 1. The molecule has 10 heteroatoms. The molecule has 0 spiro atoms. The second kappa shape index (κ2) is 12.2. The number of benzene rings is 1. The van der Waals surface area contributed by atoms with Gasteiger partial charge in [-0.15, -0.1) is 0 Å². The Labute approximate surface area is 226 Å². The molecule has 3 aliphatic heterocycles. The second-order valence-electron chi connectivity index (χ2n) is 10.8. The van der Waals surface area contributed by atoms with Crippen LogP contribution < -0.4 is 5.32 Å². The van der Waals surface area contributed by atoms with Crippen molar-refractivity contribution in [2.45, 2.75) is 75.5 Å². The average molecular weight is 548 g/mol. The molecule has 0 bridgehead atoms. The fourth-order valence-corrected chi connectivity index (χ4v) is 5.82. The molecule has 1 aromatic heterocycles. The number of alkyl halides is 2. The van der Waals surface area contributed by atoms with E-state index < -0.39 is 36.5 Å². The summed E-state index contributed by atoms with van der Waals surface area (Å²) < 4.78 is 53.0. The van der Waals surface area contributed by atoms with Gasteiger partial charge in [-0.2, -0.15) is 0 Å². The molecular formula is C29H36F3N3O4. The van der Waals surface area contributed by atoms with Crippen molar-refractivity contribution >= 4 is 11.8 Å². The monoisotopic (exact) mass is 547 g/mol. The smallest absolute Gasteiger partial charge is 0.325 e. The number of hydrogen-bond acceptors (Lipinski definition) is 6. The van der Waals surface area contributed by atoms with Gasteiger partial charge in [-0.25, -0.2) is 18.2 Å². The lowest BCUT2D eigenvalue weighted by molar-refractivity contribution is -0.147. The molecule has 0 radical (unpaired) electrons. The van der Waals surface area contributed by atoms with Gasteiger partial charge in [0.25, 0.3) is 5.92 Å². The number of hydrogen-bond donors (Lipinski definition) is 2. The Bertz CT molecular complexity index is 1150. The topological polar surface area (TPSA) is 83.9 Å². The van der Waals surface area contributed by atoms with Gasteiger partial charge < -0.3 is 19.9 Å². The standard InChI is InChI=1S/C29H36F3N3O4/c30-20-7-9-23(25-10-12-29(31,32)18-39-25)24(16-20)26(28(36)37)35-14-11-22(17-35)38-15-2-1-5-21-8-6-19-4-3-13-33-27(19)34-21/h6-9,16,22,25-26H,1-5,10-15,17-18H2,(H,33,34)(H,36,37)/t22-,25?,26?/m1/s1. The van der Waals surface area contributed by atoms with Crippen LogP contribution in [0.1, 0.15) is 73.1 Å². The lowest BCUT2D eigenvalue weighted by Gasteiger charge is -2.32. The highest BCUT2D eigenvalue weighted by atomic mass is 19.3. The Morgan fingerprint density at radius 1 is 1.26 bits per heavy atom. The minimum atomic E-state index is -2.91. The third-order valence-corrected chi connectivity index (χ3v) is 7.87. The Morgan fingerprint density at radius 3 is 2.92 bits per heavy atom. The van der Waals surface area contributed by atoms with Gasteiger partial charge in [-0.3, -0.25) is 9.69 Å². The number of pyridine rings is 1. The number of halogens is 3. The van der Waals surface area contributed by atoms with Crippen LogP contribution in [0.25, 0.3) is 0 Å². The molecule has 2 N–H and O–H groups in total. The molecule has 39 heavy (non-hydrogen) atoms. The van der Waals surface area contributed by atoms with Crippen LogP contribution in [0.3, 0.4) is 0 Å². The number of nitrogens with zero attached hydrogens (tertiary/aromatic N) is 2. The molecule has 212 valence electrons. The zero-order chi connectivity index (χ0) is 27.4. The molecule has 0 amide bonds. The molecule has 3 atom stereocenters. The molecule has 2 aromatic rings. The number of carboxylic acid groups (broad SMARTS) is 1. The fourth-order valence-electron chi connectivity index (χ4n) is 5.82. The van der Waals surface area contributed by atoms with Crippen molar-refractivity contribution in [3.05, 3.63) is 58.5 Å². The number of nitrogens with one attached hydrogen (secondary N) is 1. The average Bonchev–Trinajstić information content (AvgIpc) is 3.37. The number of aryl methyl sites for hydroxylation is 2. The Morgan fingerprint density at radius 2 is 2.13 bits per heavy atom. The van der Waals surface area contributed by atoms with E-state index in [-0.39, 0.29) is 24.5 Å². The Kier molecular flexibility index (Phi) is 8.73. The molecule has 7 nitrogen and oxygen atoms in total. The number of rotatable bonds is 10. The van der Waals surface area contributed by atoms with E-state index in [2.05, 4.69) is 17.4 Å². The predicted octanol–water partition coefficient (Wildman–Crippen LogP) is 5.31. The number of aromatic nitrogens is 1. The molecule has 2 fully saturated rings. The minimum absolute atomic E-state index is 0.0429. The zero-order valence-electron chi connectivity index (χ0n) is 22.0. The van der Waals surface area contributed by atoms with Crippen molar-refractivity contribution in [3.8, 4) is 0 Å². The van der Waals surface area contributed by atoms with Gasteiger partial charge in [0.1, 0.15) is 24.3 Å². The normalized spacial score (nSPS) is 23.7. The van der Waals surface area contributed by atoms with E-state index in [1.165, 1.54) is 23.8 Å². The maximum Gasteiger partial charge on any atom is 0.325 e. The second-order valence-corrected chi connectivity index (χ2v) is 10.8. The van der Waals surface area contributed by atoms with E-state index in [0.29, 0.717) is 31.7 Å². The number of carbonyl (C=O) groups is 1. The van der Waals surface area contributed by atoms with Gasteiger partial charge in [0, 0.05) is 38.4 Å². The van der Waals surface area contributed by atoms with Gasteiger partial charge in [0.05, 0.1) is 12.2 Å². The summed E-state index contributed by atoms with van der Waals surface area (Å²) in [5.41, 5.74) is 3.05. The maximum absolute atomic E-state index is 14.3. The fraction of sp³-hybridized carbons (Fsp3) is 0.586. The summed E-state index contributed by atoms with van der Waals surface area (Å²) in [4.78, 5) is 18.9. The van der Waals surface area contributed by atoms with Crippen molar-refractivity contribution < 1.29 is 32.5 Å². The summed E-state index contributed by atoms with van der Waals surface area (Å²) in [5.74, 6) is -3.59. The van der Waals surface area contributed by atoms with Gasteiger partial charge in [-0.05, 0) is 79.8 Å². The third-order valence-electron chi connectivity index (χ3n) is 7.87. The van der Waals surface area contributed by atoms with Crippen LogP contribution in [0.15, 0.2) is 30.3 Å². The van der Waals surface area contributed by atoms with Crippen molar-refractivity contribution in [2.75, 3.05) is 38.2 Å². The number of aliphatic carboxylic acids is 1. The lowest BCUT2D eigenvalue weighted by atomic mass is 9.91. The molecule has 1 aromatic carbocycles. The SMILES string of the molecule is O=C(O)C(c1cc(F)ccc1C1CCC(F)(F)CO1)N1CC[C@@H](OCCCCc2ccc3c(n2)NCCC3)C1. The maximum atomic E-state index is 14.3. The first kappa shape index (κ1) is 27.9. The van der Waals surface area contributed by atoms with Crippen LogP contribution in [0.2, 0.25) is 0 Å². The van der Waals surface area contributed by atoms with Crippen LogP contribution in [-0.4, -0.2) is 65.8 Å². The highest BCUT2D eigenvalue weighted by molar-refractivity contribution is 5.76. The summed E-state index contributed by atoms with van der Waals surface area (Å²) in [6.45, 7) is 1.67. The minimum Gasteiger partial charge on any atom is -0.480 e. The van der Waals surface area contributed by atoms with E-state index in [9.17, 15) is 23.1 Å². The summed E-state index contributed by atoms with van der Waals surface area (Å²) in [5, 5.41) is 13.5. The molecule has 2 unspecified atom stereocenters. The van der Waals surface area contributed by atoms with Crippen LogP contribution in [0.5, 0.6) is 0 Å². The van der Waals surface area contributed by atoms with Gasteiger partial charge >= 0.3 is 5.97 Å². The van der Waals surface area contributed by atoms with Crippen molar-refractivity contribution in [1.82, 2.24) is 9.88 Å². The molecule has 3 aliphatic rings. The largest absolute Gasteiger partial charge is 0.480 e. The summed E-state index contributed by atoms with van der Waals surface area (Å²) >= 11 is 0. The van der Waals surface area contributed by atoms with E-state index in [0.717, 1.165) is 50.2 Å². The van der Waals surface area contributed by atoms with Crippen LogP contribution in [-0.2, 0) is 27.1 Å². The van der Waals surface area contributed by atoms with Crippen LogP contribution >= 0.6 is 0 Å². The summed E-state index contributed by atoms with van der Waals surface area (Å²) in [6, 6.07) is 7.03. The predicted molar refractivity (Wildman–Crippen MR) is 140 cm³/mol. The van der Waals surface area contributed by atoms with Gasteiger partial charge in [0.2, 0.25) is 0 Å². The van der Waals surface area contributed by atoms with Crippen LogP contribution in [0, 0.1) is 5.82 Å². The number of anilines is 1. The summed E-state index contributed by atoms with van der Waals surface area (Å²) in [7, 11) is 0. The number of likely N-dealkylation sites (tertiary alicyclic amines) is 1. The number of unbranched alkanes of at least 4 members (excludes halogenated alkanes) is 1. The Balaban J connectivity index is 1.14. The highest BCUT2D eigenvalue weighted by Gasteiger charge is 2.40. The molecule has 0 aliphatic carbocycles. The first-order valence-corrected chi connectivity index (χ1v) is 13.9. The third kappa shape index (κ3) is 6.91. The van der Waals surface area contributed by atoms with Crippen molar-refractivity contribution in [2.24, 2.45) is 0 Å². The number of carboxylic acids is 1. The molecule has 0 saturated carbocycles. The highest BCUT2D eigenvalue weighted by Crippen LogP contribution is 2.40. The summed E-state index contributed by atoms with van der Waals surface area (Å²) in [6.07, 6.45) is 4.40. The van der Waals surface area contributed by atoms with Crippen LogP contribution in [0.4, 0.5) is 19.0 Å². The van der Waals surface area contributed by atoms with Gasteiger partial charge in [0.15, 0.2) is 0 Å². The number of ether oxygens (including phenoxy) is 2. The zero-order valence-corrected chi connectivity index (χ0v) is 22.0. The first-order valence-electron chi connectivity index (χ1n) is 13.9. The first-order chi connectivity index (χ1) is 18.8. The van der Waals surface area contributed by atoms with E-state index >= 15 is 0 Å². The quantitative estimate of drug-likeness (QED) is 0.391. The molecule has 5 rings (SSSR count).